The van der Waals surface area contributed by atoms with Crippen molar-refractivity contribution in [2.75, 3.05) is 44.4 Å². The maximum Gasteiger partial charge on any atom is 0.241 e. The highest BCUT2D eigenvalue weighted by atomic mass is 32.2. The van der Waals surface area contributed by atoms with Crippen LogP contribution in [0.2, 0.25) is 0 Å². The van der Waals surface area contributed by atoms with E-state index in [0.29, 0.717) is 62.7 Å². The van der Waals surface area contributed by atoms with Gasteiger partial charge < -0.3 is 19.1 Å². The molecule has 1 aromatic heterocycles. The predicted octanol–water partition coefficient (Wildman–Crippen LogP) is 1.26. The van der Waals surface area contributed by atoms with Crippen molar-refractivity contribution in [1.82, 2.24) is 14.7 Å². The number of hydrogen-bond acceptors (Lipinski definition) is 8. The van der Waals surface area contributed by atoms with E-state index in [1.165, 1.54) is 12.1 Å². The molecule has 0 saturated carbocycles. The zero-order valence-electron chi connectivity index (χ0n) is 16.3. The highest BCUT2D eigenvalue weighted by Gasteiger charge is 2.20. The van der Waals surface area contributed by atoms with E-state index in [9.17, 15) is 8.42 Å². The van der Waals surface area contributed by atoms with E-state index in [-0.39, 0.29) is 11.4 Å². The molecule has 0 unspecified atom stereocenters. The van der Waals surface area contributed by atoms with Crippen LogP contribution in [0.15, 0.2) is 29.2 Å². The van der Waals surface area contributed by atoms with Gasteiger partial charge in [-0.1, -0.05) is 0 Å². The van der Waals surface area contributed by atoms with Gasteiger partial charge in [0.25, 0.3) is 0 Å². The lowest BCUT2D eigenvalue weighted by molar-refractivity contribution is 0.122. The molecule has 10 heteroatoms. The van der Waals surface area contributed by atoms with Gasteiger partial charge in [0.15, 0.2) is 11.5 Å². The largest absolute Gasteiger partial charge is 0.490 e. The molecule has 0 aliphatic carbocycles. The molecule has 156 valence electrons. The third kappa shape index (κ3) is 4.77. The average molecular weight is 420 g/mol. The number of rotatable bonds is 5. The van der Waals surface area contributed by atoms with E-state index in [4.69, 9.17) is 14.2 Å². The lowest BCUT2D eigenvalue weighted by atomic mass is 10.3. The van der Waals surface area contributed by atoms with Gasteiger partial charge >= 0.3 is 0 Å². The number of nitrogens with one attached hydrogen (secondary N) is 1. The molecule has 0 bridgehead atoms. The highest BCUT2D eigenvalue weighted by molar-refractivity contribution is 7.89. The van der Waals surface area contributed by atoms with Crippen LogP contribution in [0.3, 0.4) is 0 Å². The molecule has 0 spiro atoms. The maximum atomic E-state index is 12.8. The fourth-order valence-electron chi connectivity index (χ4n) is 3.18. The Bertz CT molecular complexity index is 977. The molecular formula is C19H24N4O5S. The fourth-order valence-corrected chi connectivity index (χ4v) is 4.19. The molecule has 29 heavy (non-hydrogen) atoms. The Balaban J connectivity index is 1.49. The van der Waals surface area contributed by atoms with Gasteiger partial charge in [-0.3, -0.25) is 0 Å². The van der Waals surface area contributed by atoms with Crippen LogP contribution in [0.1, 0.15) is 17.8 Å². The van der Waals surface area contributed by atoms with E-state index in [0.717, 1.165) is 12.1 Å². The number of hydrogen-bond donors (Lipinski definition) is 1. The number of benzene rings is 1. The molecule has 0 atom stereocenters. The molecule has 2 aromatic rings. The Morgan fingerprint density at radius 1 is 1.03 bits per heavy atom. The molecule has 0 radical (unpaired) electrons. The third-order valence-corrected chi connectivity index (χ3v) is 6.06. The zero-order valence-corrected chi connectivity index (χ0v) is 17.1. The number of morpholine rings is 1. The smallest absolute Gasteiger partial charge is 0.241 e. The van der Waals surface area contributed by atoms with Crippen molar-refractivity contribution in [3.63, 3.8) is 0 Å². The minimum atomic E-state index is -3.73. The van der Waals surface area contributed by atoms with E-state index in [1.54, 1.807) is 12.1 Å². The zero-order chi connectivity index (χ0) is 20.3. The van der Waals surface area contributed by atoms with Crippen LogP contribution in [-0.2, 0) is 21.3 Å². The van der Waals surface area contributed by atoms with Crippen LogP contribution < -0.4 is 19.1 Å². The summed E-state index contributed by atoms with van der Waals surface area (Å²) < 4.78 is 44.7. The molecule has 1 fully saturated rings. The van der Waals surface area contributed by atoms with Gasteiger partial charge in [0.1, 0.15) is 0 Å². The lowest BCUT2D eigenvalue weighted by Gasteiger charge is -2.27. The number of aromatic nitrogens is 2. The molecule has 0 amide bonds. The van der Waals surface area contributed by atoms with Crippen LogP contribution >= 0.6 is 0 Å². The summed E-state index contributed by atoms with van der Waals surface area (Å²) in [6.07, 6.45) is 0.757. The Kier molecular flexibility index (Phi) is 5.84. The van der Waals surface area contributed by atoms with Crippen LogP contribution in [0, 0.1) is 6.92 Å². The van der Waals surface area contributed by atoms with E-state index >= 15 is 0 Å². The van der Waals surface area contributed by atoms with Crippen molar-refractivity contribution in [3.8, 4) is 11.5 Å². The highest BCUT2D eigenvalue weighted by Crippen LogP contribution is 2.31. The number of ether oxygens (including phenoxy) is 3. The average Bonchev–Trinajstić information content (AvgIpc) is 2.97. The number of nitrogens with zero attached hydrogens (tertiary/aromatic N) is 3. The quantitative estimate of drug-likeness (QED) is 0.771. The van der Waals surface area contributed by atoms with Gasteiger partial charge in [-0.2, -0.15) is 0 Å². The lowest BCUT2D eigenvalue weighted by Crippen LogP contribution is -2.37. The molecule has 4 rings (SSSR count). The Hall–Kier alpha value is -2.43. The normalized spacial score (nSPS) is 17.1. The van der Waals surface area contributed by atoms with Gasteiger partial charge in [0.05, 0.1) is 43.6 Å². The number of anilines is 1. The predicted molar refractivity (Wildman–Crippen MR) is 106 cm³/mol. The van der Waals surface area contributed by atoms with Gasteiger partial charge in [0, 0.05) is 31.3 Å². The Morgan fingerprint density at radius 3 is 2.59 bits per heavy atom. The molecule has 3 heterocycles. The van der Waals surface area contributed by atoms with E-state index in [2.05, 4.69) is 14.7 Å². The summed E-state index contributed by atoms with van der Waals surface area (Å²) in [5.74, 6) is 1.60. The van der Waals surface area contributed by atoms with Crippen LogP contribution in [0.25, 0.3) is 0 Å². The summed E-state index contributed by atoms with van der Waals surface area (Å²) in [7, 11) is -3.73. The van der Waals surface area contributed by atoms with Gasteiger partial charge in [0.2, 0.25) is 16.0 Å². The molecule has 1 aromatic carbocycles. The summed E-state index contributed by atoms with van der Waals surface area (Å²) in [5.41, 5.74) is 1.39. The van der Waals surface area contributed by atoms with Crippen molar-refractivity contribution in [2.45, 2.75) is 24.8 Å². The van der Waals surface area contributed by atoms with Crippen molar-refractivity contribution in [3.05, 3.63) is 35.7 Å². The van der Waals surface area contributed by atoms with Crippen molar-refractivity contribution >= 4 is 16.0 Å². The number of aryl methyl sites for hydroxylation is 1. The topological polar surface area (TPSA) is 103 Å². The molecule has 9 nitrogen and oxygen atoms in total. The van der Waals surface area contributed by atoms with Gasteiger partial charge in [-0.25, -0.2) is 23.1 Å². The SMILES string of the molecule is Cc1cc(CNS(=O)(=O)c2ccc3c(c2)OCCCO3)nc(N2CCOCC2)n1. The first-order valence-corrected chi connectivity index (χ1v) is 11.1. The van der Waals surface area contributed by atoms with Crippen molar-refractivity contribution in [2.24, 2.45) is 0 Å². The first kappa shape index (κ1) is 19.9. The summed E-state index contributed by atoms with van der Waals surface area (Å²) >= 11 is 0. The second-order valence-electron chi connectivity index (χ2n) is 6.88. The summed E-state index contributed by atoms with van der Waals surface area (Å²) in [6.45, 7) is 5.67. The van der Waals surface area contributed by atoms with E-state index < -0.39 is 10.0 Å². The van der Waals surface area contributed by atoms with Crippen molar-refractivity contribution < 1.29 is 22.6 Å². The second-order valence-corrected chi connectivity index (χ2v) is 8.65. The van der Waals surface area contributed by atoms with Crippen LogP contribution in [-0.4, -0.2) is 57.9 Å². The van der Waals surface area contributed by atoms with Gasteiger partial charge in [-0.15, -0.1) is 0 Å². The van der Waals surface area contributed by atoms with Crippen molar-refractivity contribution in [1.29, 1.82) is 0 Å². The fraction of sp³-hybridized carbons (Fsp3) is 0.474. The first-order chi connectivity index (χ1) is 14.0. The molecule has 2 aliphatic heterocycles. The molecule has 1 saturated heterocycles. The number of fused-ring (bicyclic) bond motifs is 1. The Morgan fingerprint density at radius 2 is 1.79 bits per heavy atom. The van der Waals surface area contributed by atoms with Crippen LogP contribution in [0.5, 0.6) is 11.5 Å². The monoisotopic (exact) mass is 420 g/mol. The van der Waals surface area contributed by atoms with E-state index in [1.807, 2.05) is 11.8 Å². The van der Waals surface area contributed by atoms with Crippen LogP contribution in [0.4, 0.5) is 5.95 Å². The first-order valence-electron chi connectivity index (χ1n) is 9.58. The standard InChI is InChI=1S/C19H24N4O5S/c1-14-11-15(22-19(21-14)23-5-9-26-10-6-23)13-20-29(24,25)16-3-4-17-18(12-16)28-8-2-7-27-17/h3-4,11-12,20H,2,5-10,13H2,1H3. The minimum Gasteiger partial charge on any atom is -0.490 e. The van der Waals surface area contributed by atoms with Gasteiger partial charge in [-0.05, 0) is 25.1 Å². The summed E-state index contributed by atoms with van der Waals surface area (Å²) in [4.78, 5) is 11.2. The summed E-state index contributed by atoms with van der Waals surface area (Å²) in [5, 5.41) is 0. The molecule has 1 N–H and O–H groups in total. The second kappa shape index (κ2) is 8.52. The maximum absolute atomic E-state index is 12.8. The molecular weight excluding hydrogens is 396 g/mol. The third-order valence-electron chi connectivity index (χ3n) is 4.66. The molecule has 2 aliphatic rings. The minimum absolute atomic E-state index is 0.0669. The Labute approximate surface area is 170 Å². The number of sulfonamides is 1. The summed E-state index contributed by atoms with van der Waals surface area (Å²) in [6, 6.07) is 6.41.